The molecule has 4 heteroatoms. The van der Waals surface area contributed by atoms with E-state index in [-0.39, 0.29) is 0 Å². The molecule has 0 spiro atoms. The lowest BCUT2D eigenvalue weighted by molar-refractivity contribution is 0.191. The first-order chi connectivity index (χ1) is 10.3. The van der Waals surface area contributed by atoms with Crippen LogP contribution in [0.2, 0.25) is 0 Å². The van der Waals surface area contributed by atoms with Crippen molar-refractivity contribution in [2.45, 2.75) is 39.3 Å². The first-order valence-corrected chi connectivity index (χ1v) is 8.65. The van der Waals surface area contributed by atoms with Crippen molar-refractivity contribution in [1.29, 1.82) is 0 Å². The molecule has 1 aliphatic heterocycles. The van der Waals surface area contributed by atoms with Gasteiger partial charge in [0.2, 0.25) is 0 Å². The van der Waals surface area contributed by atoms with Crippen LogP contribution in [0.1, 0.15) is 42.3 Å². The molecule has 0 radical (unpaired) electrons. The van der Waals surface area contributed by atoms with Gasteiger partial charge in [-0.15, -0.1) is 11.3 Å². The molecule has 0 amide bonds. The van der Waals surface area contributed by atoms with E-state index in [0.717, 1.165) is 31.9 Å². The van der Waals surface area contributed by atoms with Gasteiger partial charge in [0, 0.05) is 42.3 Å². The highest BCUT2D eigenvalue weighted by Gasteiger charge is 2.25. The Labute approximate surface area is 131 Å². The zero-order valence-corrected chi connectivity index (χ0v) is 13.6. The van der Waals surface area contributed by atoms with Crippen LogP contribution in [0.25, 0.3) is 0 Å². The molecule has 1 N–H and O–H groups in total. The lowest BCUT2D eigenvalue weighted by atomic mass is 10.0. The lowest BCUT2D eigenvalue weighted by Crippen LogP contribution is -2.33. The van der Waals surface area contributed by atoms with Gasteiger partial charge in [-0.25, -0.2) is 4.98 Å². The van der Waals surface area contributed by atoms with Crippen LogP contribution in [0, 0.1) is 0 Å². The van der Waals surface area contributed by atoms with Crippen molar-refractivity contribution < 1.29 is 0 Å². The molecule has 2 aromatic rings. The highest BCUT2D eigenvalue weighted by atomic mass is 32.1. The average Bonchev–Trinajstić information content (AvgIpc) is 2.98. The quantitative estimate of drug-likeness (QED) is 0.902. The Morgan fingerprint density at radius 2 is 2.33 bits per heavy atom. The number of aromatic nitrogens is 1. The third-order valence-electron chi connectivity index (χ3n) is 4.21. The van der Waals surface area contributed by atoms with E-state index in [1.165, 1.54) is 17.5 Å². The monoisotopic (exact) mass is 301 g/mol. The summed E-state index contributed by atoms with van der Waals surface area (Å²) in [6, 6.07) is 7.02. The minimum atomic E-state index is 0.499. The summed E-state index contributed by atoms with van der Waals surface area (Å²) in [5.41, 5.74) is 2.81. The van der Waals surface area contributed by atoms with Crippen molar-refractivity contribution in [3.63, 3.8) is 0 Å². The molecule has 3 heterocycles. The molecule has 0 saturated heterocycles. The minimum Gasteiger partial charge on any atom is -0.370 e. The number of hydrogen-bond donors (Lipinski definition) is 1. The van der Waals surface area contributed by atoms with Gasteiger partial charge in [-0.1, -0.05) is 13.0 Å². The van der Waals surface area contributed by atoms with Gasteiger partial charge in [0.05, 0.1) is 0 Å². The van der Waals surface area contributed by atoms with E-state index >= 15 is 0 Å². The van der Waals surface area contributed by atoms with E-state index in [2.05, 4.69) is 46.6 Å². The van der Waals surface area contributed by atoms with Crippen LogP contribution in [0.4, 0.5) is 5.82 Å². The molecular weight excluding hydrogens is 278 g/mol. The number of fused-ring (bicyclic) bond motifs is 1. The van der Waals surface area contributed by atoms with Gasteiger partial charge in [-0.3, -0.25) is 4.90 Å². The third kappa shape index (κ3) is 3.11. The van der Waals surface area contributed by atoms with Crippen molar-refractivity contribution in [3.05, 3.63) is 45.8 Å². The van der Waals surface area contributed by atoms with Crippen molar-refractivity contribution in [1.82, 2.24) is 9.88 Å². The Bertz CT molecular complexity index is 593. The molecule has 0 aliphatic carbocycles. The Kier molecular flexibility index (Phi) is 4.56. The zero-order valence-electron chi connectivity index (χ0n) is 12.8. The van der Waals surface area contributed by atoms with E-state index < -0.39 is 0 Å². The molecule has 0 saturated carbocycles. The molecule has 0 bridgehead atoms. The van der Waals surface area contributed by atoms with Crippen LogP contribution in [-0.4, -0.2) is 23.0 Å². The van der Waals surface area contributed by atoms with Crippen molar-refractivity contribution >= 4 is 17.2 Å². The summed E-state index contributed by atoms with van der Waals surface area (Å²) in [6.45, 7) is 7.59. The Balaban J connectivity index is 1.75. The molecule has 0 aromatic carbocycles. The maximum Gasteiger partial charge on any atom is 0.130 e. The number of hydrogen-bond acceptors (Lipinski definition) is 4. The van der Waals surface area contributed by atoms with E-state index in [1.807, 2.05) is 23.6 Å². The SMILES string of the molecule is CCCNc1ncccc1CN1CCc2sccc2C1C. The van der Waals surface area contributed by atoms with Crippen LogP contribution in [0.15, 0.2) is 29.8 Å². The van der Waals surface area contributed by atoms with Gasteiger partial charge in [0.25, 0.3) is 0 Å². The first kappa shape index (κ1) is 14.5. The van der Waals surface area contributed by atoms with E-state index in [9.17, 15) is 0 Å². The Hall–Kier alpha value is -1.39. The molecule has 1 atom stereocenters. The summed E-state index contributed by atoms with van der Waals surface area (Å²) >= 11 is 1.90. The van der Waals surface area contributed by atoms with Crippen LogP contribution < -0.4 is 5.32 Å². The van der Waals surface area contributed by atoms with Crippen molar-refractivity contribution in [2.24, 2.45) is 0 Å². The minimum absolute atomic E-state index is 0.499. The number of rotatable bonds is 5. The summed E-state index contributed by atoms with van der Waals surface area (Å²) in [5.74, 6) is 1.04. The van der Waals surface area contributed by atoms with Gasteiger partial charge >= 0.3 is 0 Å². The number of nitrogens with zero attached hydrogens (tertiary/aromatic N) is 2. The predicted molar refractivity (Wildman–Crippen MR) is 89.9 cm³/mol. The normalized spacial score (nSPS) is 18.5. The first-order valence-electron chi connectivity index (χ1n) is 7.77. The van der Waals surface area contributed by atoms with Crippen LogP contribution in [-0.2, 0) is 13.0 Å². The van der Waals surface area contributed by atoms with Gasteiger partial charge in [-0.2, -0.15) is 0 Å². The molecule has 2 aromatic heterocycles. The summed E-state index contributed by atoms with van der Waals surface area (Å²) in [5, 5.41) is 5.67. The van der Waals surface area contributed by atoms with Crippen molar-refractivity contribution in [2.75, 3.05) is 18.4 Å². The summed E-state index contributed by atoms with van der Waals surface area (Å²) in [7, 11) is 0. The summed E-state index contributed by atoms with van der Waals surface area (Å²) in [4.78, 5) is 8.63. The smallest absolute Gasteiger partial charge is 0.130 e. The molecular formula is C17H23N3S. The maximum absolute atomic E-state index is 4.51. The molecule has 0 fully saturated rings. The second kappa shape index (κ2) is 6.58. The van der Waals surface area contributed by atoms with E-state index in [1.54, 1.807) is 4.88 Å². The summed E-state index contributed by atoms with van der Waals surface area (Å²) in [6.07, 6.45) is 4.17. The van der Waals surface area contributed by atoms with E-state index in [4.69, 9.17) is 0 Å². The molecule has 3 rings (SSSR count). The number of thiophene rings is 1. The summed E-state index contributed by atoms with van der Waals surface area (Å²) < 4.78 is 0. The maximum atomic E-state index is 4.51. The van der Waals surface area contributed by atoms with Gasteiger partial charge in [-0.05, 0) is 42.8 Å². The number of anilines is 1. The highest BCUT2D eigenvalue weighted by molar-refractivity contribution is 7.10. The number of nitrogens with one attached hydrogen (secondary N) is 1. The second-order valence-electron chi connectivity index (χ2n) is 5.63. The fraction of sp³-hybridized carbons (Fsp3) is 0.471. The lowest BCUT2D eigenvalue weighted by Gasteiger charge is -2.33. The van der Waals surface area contributed by atoms with Crippen LogP contribution in [0.5, 0.6) is 0 Å². The molecule has 1 aliphatic rings. The fourth-order valence-electron chi connectivity index (χ4n) is 2.97. The molecule has 1 unspecified atom stereocenters. The average molecular weight is 301 g/mol. The molecule has 3 nitrogen and oxygen atoms in total. The van der Waals surface area contributed by atoms with Gasteiger partial charge < -0.3 is 5.32 Å². The van der Waals surface area contributed by atoms with Gasteiger partial charge in [0.1, 0.15) is 5.82 Å². The number of pyridine rings is 1. The predicted octanol–water partition coefficient (Wildman–Crippen LogP) is 4.08. The zero-order chi connectivity index (χ0) is 14.7. The fourth-order valence-corrected chi connectivity index (χ4v) is 3.93. The molecule has 112 valence electrons. The van der Waals surface area contributed by atoms with Gasteiger partial charge in [0.15, 0.2) is 0 Å². The Morgan fingerprint density at radius 1 is 1.43 bits per heavy atom. The van der Waals surface area contributed by atoms with E-state index in [0.29, 0.717) is 6.04 Å². The van der Waals surface area contributed by atoms with Crippen molar-refractivity contribution in [3.8, 4) is 0 Å². The topological polar surface area (TPSA) is 28.2 Å². The third-order valence-corrected chi connectivity index (χ3v) is 5.21. The highest BCUT2D eigenvalue weighted by Crippen LogP contribution is 2.34. The van der Waals surface area contributed by atoms with Crippen LogP contribution in [0.3, 0.4) is 0 Å². The largest absolute Gasteiger partial charge is 0.370 e. The second-order valence-corrected chi connectivity index (χ2v) is 6.63. The van der Waals surface area contributed by atoms with Crippen LogP contribution >= 0.6 is 11.3 Å². The Morgan fingerprint density at radius 3 is 3.19 bits per heavy atom. The molecule has 21 heavy (non-hydrogen) atoms. The standard InChI is InChI=1S/C17H23N3S/c1-3-8-18-17-14(5-4-9-19-17)12-20-10-6-16-15(13(20)2)7-11-21-16/h4-5,7,9,11,13H,3,6,8,10,12H2,1-2H3,(H,18,19).